The number of benzene rings is 1. The molecule has 0 aliphatic carbocycles. The monoisotopic (exact) mass is 374 g/mol. The van der Waals surface area contributed by atoms with E-state index in [4.69, 9.17) is 18.2 Å². The van der Waals surface area contributed by atoms with Gasteiger partial charge < -0.3 is 5.11 Å². The van der Waals surface area contributed by atoms with Crippen molar-refractivity contribution < 1.29 is 40.6 Å². The van der Waals surface area contributed by atoms with Crippen molar-refractivity contribution in [1.29, 1.82) is 0 Å². The lowest BCUT2D eigenvalue weighted by Gasteiger charge is -2.28. The first-order valence-corrected chi connectivity index (χ1v) is 6.06. The summed E-state index contributed by atoms with van der Waals surface area (Å²) in [5.74, 6) is -4.74. The Kier molecular flexibility index (Phi) is 5.20. The maximum Gasteiger partial charge on any atom is 0.439 e. The van der Waals surface area contributed by atoms with Crippen LogP contribution in [0.1, 0.15) is 5.56 Å². The zero-order valence-corrected chi connectivity index (χ0v) is 11.9. The molecule has 0 aromatic heterocycles. The third kappa shape index (κ3) is 3.46. The number of hydrogen-bond acceptors (Lipinski definition) is 2. The molecule has 11 heteroatoms. The first-order chi connectivity index (χ1) is 10.8. The molecule has 0 N–H and O–H groups in total. The number of ketones is 1. The number of allylic oxidation sites excluding steroid dienone is 1. The van der Waals surface area contributed by atoms with E-state index in [-0.39, 0.29) is 10.7 Å². The maximum atomic E-state index is 13.4. The van der Waals surface area contributed by atoms with Gasteiger partial charge in [-0.2, -0.15) is 26.3 Å². The number of carbonyl (C=O) groups is 1. The molecule has 0 saturated heterocycles. The van der Waals surface area contributed by atoms with Crippen molar-refractivity contribution in [2.45, 2.75) is 18.0 Å². The fourth-order valence-corrected chi connectivity index (χ4v) is 1.72. The predicted octanol–water partition coefficient (Wildman–Crippen LogP) is 3.99. The molecule has 24 heavy (non-hydrogen) atoms. The second kappa shape index (κ2) is 6.32. The van der Waals surface area contributed by atoms with Gasteiger partial charge in [-0.15, -0.1) is 0 Å². The summed E-state index contributed by atoms with van der Waals surface area (Å²) in [6.45, 7) is 6.69. The smallest absolute Gasteiger partial charge is 0.439 e. The van der Waals surface area contributed by atoms with Crippen LogP contribution < -0.4 is 5.11 Å². The van der Waals surface area contributed by atoms with Gasteiger partial charge in [-0.25, -0.2) is 9.24 Å². The highest BCUT2D eigenvalue weighted by Crippen LogP contribution is 2.47. The summed E-state index contributed by atoms with van der Waals surface area (Å²) < 4.78 is 87.6. The summed E-state index contributed by atoms with van der Waals surface area (Å²) in [5.41, 5.74) is -6.95. The quantitative estimate of drug-likeness (QED) is 0.347. The van der Waals surface area contributed by atoms with E-state index in [9.17, 15) is 40.6 Å². The Hall–Kier alpha value is -2.28. The number of nitrogens with zero attached hydrogens (tertiary/aromatic N) is 1. The van der Waals surface area contributed by atoms with E-state index in [1.165, 1.54) is 0 Å². The topological polar surface area (TPSA) is 44.5 Å². The average Bonchev–Trinajstić information content (AvgIpc) is 2.43. The largest absolute Gasteiger partial charge is 0.872 e. The van der Waals surface area contributed by atoms with Gasteiger partial charge in [0.2, 0.25) is 11.5 Å². The van der Waals surface area contributed by atoms with Gasteiger partial charge in [-0.05, 0) is 17.7 Å². The Labute approximate surface area is 134 Å². The van der Waals surface area contributed by atoms with Crippen LogP contribution in [0, 0.1) is 6.57 Å². The van der Waals surface area contributed by atoms with E-state index in [1.807, 2.05) is 0 Å². The van der Waals surface area contributed by atoms with Crippen molar-refractivity contribution >= 4 is 28.8 Å². The molecule has 0 aliphatic rings. The highest BCUT2D eigenvalue weighted by molar-refractivity contribution is 6.33. The van der Waals surface area contributed by atoms with Gasteiger partial charge in [0.1, 0.15) is 0 Å². The van der Waals surface area contributed by atoms with Crippen LogP contribution >= 0.6 is 11.6 Å². The summed E-state index contributed by atoms with van der Waals surface area (Å²) in [5, 5.41) is 11.3. The zero-order chi connectivity index (χ0) is 18.9. The molecule has 0 bridgehead atoms. The minimum Gasteiger partial charge on any atom is -0.872 e. The van der Waals surface area contributed by atoms with Crippen molar-refractivity contribution in [3.8, 4) is 0 Å². The molecule has 0 spiro atoms. The Morgan fingerprint density at radius 2 is 1.62 bits per heavy atom. The molecule has 1 aromatic carbocycles. The predicted molar refractivity (Wildman–Crippen MR) is 66.6 cm³/mol. The average molecular weight is 375 g/mol. The van der Waals surface area contributed by atoms with E-state index in [0.717, 1.165) is 18.2 Å². The third-order valence-electron chi connectivity index (χ3n) is 2.74. The lowest BCUT2D eigenvalue weighted by atomic mass is 9.97. The highest BCUT2D eigenvalue weighted by atomic mass is 35.5. The number of hydrogen-bond donors (Lipinski definition) is 0. The minimum atomic E-state index is -6.61. The zero-order valence-electron chi connectivity index (χ0n) is 11.1. The second-order valence-corrected chi connectivity index (χ2v) is 4.71. The van der Waals surface area contributed by atoms with Gasteiger partial charge in [-0.1, -0.05) is 29.5 Å². The molecule has 1 aromatic rings. The molecular formula is C13H4ClF7NO2-. The van der Waals surface area contributed by atoms with Crippen LogP contribution in [0.2, 0.25) is 5.02 Å². The van der Waals surface area contributed by atoms with Gasteiger partial charge in [0.15, 0.2) is 0 Å². The van der Waals surface area contributed by atoms with Crippen molar-refractivity contribution in [3.05, 3.63) is 46.3 Å². The van der Waals surface area contributed by atoms with Gasteiger partial charge >= 0.3 is 18.0 Å². The summed E-state index contributed by atoms with van der Waals surface area (Å²) in [6.07, 6.45) is -13.9. The molecule has 0 unspecified atom stereocenters. The van der Waals surface area contributed by atoms with E-state index in [0.29, 0.717) is 0 Å². The number of carbonyl (C=O) groups excluding carboxylic acids is 1. The number of rotatable bonds is 3. The molecule has 130 valence electrons. The van der Waals surface area contributed by atoms with E-state index in [1.54, 1.807) is 0 Å². The molecule has 0 atom stereocenters. The molecule has 0 heterocycles. The van der Waals surface area contributed by atoms with Crippen LogP contribution in [0.3, 0.4) is 0 Å². The van der Waals surface area contributed by atoms with Gasteiger partial charge in [0, 0.05) is 5.02 Å². The summed E-state index contributed by atoms with van der Waals surface area (Å²) in [4.78, 5) is 14.1. The molecular weight excluding hydrogens is 371 g/mol. The summed E-state index contributed by atoms with van der Waals surface area (Å²) in [6, 6.07) is 2.55. The van der Waals surface area contributed by atoms with Crippen molar-refractivity contribution in [2.75, 3.05) is 0 Å². The molecule has 1 rings (SSSR count). The lowest BCUT2D eigenvalue weighted by Crippen LogP contribution is -2.58. The molecule has 0 saturated carbocycles. The van der Waals surface area contributed by atoms with Crippen molar-refractivity contribution in [2.24, 2.45) is 0 Å². The van der Waals surface area contributed by atoms with Crippen LogP contribution in [0.25, 0.3) is 10.6 Å². The second-order valence-electron chi connectivity index (χ2n) is 4.30. The van der Waals surface area contributed by atoms with E-state index in [2.05, 4.69) is 4.85 Å². The lowest BCUT2D eigenvalue weighted by molar-refractivity contribution is -0.323. The maximum absolute atomic E-state index is 13.4. The Morgan fingerprint density at radius 3 is 2.00 bits per heavy atom. The Bertz CT molecular complexity index is 717. The van der Waals surface area contributed by atoms with Crippen LogP contribution in [0.15, 0.2) is 24.3 Å². The molecule has 3 nitrogen and oxygen atoms in total. The highest BCUT2D eigenvalue weighted by Gasteiger charge is 2.76. The van der Waals surface area contributed by atoms with Gasteiger partial charge in [0.25, 0.3) is 0 Å². The first-order valence-electron chi connectivity index (χ1n) is 5.68. The fourth-order valence-electron chi connectivity index (χ4n) is 1.49. The van der Waals surface area contributed by atoms with E-state index >= 15 is 0 Å². The first kappa shape index (κ1) is 19.8. The molecule has 0 aliphatic heterocycles. The third-order valence-corrected chi connectivity index (χ3v) is 3.04. The van der Waals surface area contributed by atoms with Crippen molar-refractivity contribution in [3.63, 3.8) is 0 Å². The van der Waals surface area contributed by atoms with Crippen LogP contribution in [-0.2, 0) is 4.79 Å². The van der Waals surface area contributed by atoms with Crippen LogP contribution in [0.5, 0.6) is 0 Å². The van der Waals surface area contributed by atoms with Crippen LogP contribution in [-0.4, -0.2) is 23.8 Å². The van der Waals surface area contributed by atoms with Gasteiger partial charge in [0.05, 0.1) is 6.57 Å². The Morgan fingerprint density at radius 1 is 1.12 bits per heavy atom. The summed E-state index contributed by atoms with van der Waals surface area (Å²) in [7, 11) is 0. The Balaban J connectivity index is 3.35. The van der Waals surface area contributed by atoms with Crippen molar-refractivity contribution in [1.82, 2.24) is 0 Å². The molecule has 0 radical (unpaired) electrons. The number of halogens is 8. The van der Waals surface area contributed by atoms with E-state index < -0.39 is 41.2 Å². The van der Waals surface area contributed by atoms with Gasteiger partial charge in [-0.3, -0.25) is 4.79 Å². The molecule has 0 amide bonds. The summed E-state index contributed by atoms with van der Waals surface area (Å²) >= 11 is 5.55. The SMILES string of the molecule is [C-]#[N+]c1ccc(/C([O-])=C/C(=O)C(F)(C(F)(F)F)C(F)(F)F)cc1Cl. The number of alkyl halides is 7. The minimum absolute atomic E-state index is 0.148. The normalized spacial score (nSPS) is 13.5. The molecule has 0 fully saturated rings. The standard InChI is InChI=1S/C13H5ClF7NO2/c1-22-8-3-2-6(4-7(8)14)9(23)5-10(24)11(15,12(16,17)18)13(19,20)21/h2-5,23H/p-1/b9-5-. The van der Waals surface area contributed by atoms with Crippen LogP contribution in [0.4, 0.5) is 36.4 Å². The fraction of sp³-hybridized carbons (Fsp3) is 0.231.